The number of anilines is 1. The molecule has 3 rings (SSSR count). The van der Waals surface area contributed by atoms with E-state index >= 15 is 0 Å². The molecular weight excluding hydrogens is 436 g/mol. The van der Waals surface area contributed by atoms with Crippen molar-refractivity contribution in [2.45, 2.75) is 11.3 Å². The van der Waals surface area contributed by atoms with Crippen LogP contribution in [0, 0.1) is 0 Å². The number of nitrogens with zero attached hydrogens (tertiary/aromatic N) is 1. The topological polar surface area (TPSA) is 75.7 Å². The van der Waals surface area contributed by atoms with E-state index in [0.717, 1.165) is 15.4 Å². The van der Waals surface area contributed by atoms with Gasteiger partial charge in [0.05, 0.1) is 15.6 Å². The Kier molecular flexibility index (Phi) is 7.33. The molecular formula is C23H23ClN2O4S. The second-order valence-electron chi connectivity index (χ2n) is 7.04. The lowest BCUT2D eigenvalue weighted by Gasteiger charge is -2.14. The van der Waals surface area contributed by atoms with Crippen LogP contribution in [-0.4, -0.2) is 39.3 Å². The van der Waals surface area contributed by atoms with E-state index in [1.807, 2.05) is 54.6 Å². The molecule has 8 heteroatoms. The van der Waals surface area contributed by atoms with Crippen molar-refractivity contribution in [2.24, 2.45) is 0 Å². The van der Waals surface area contributed by atoms with Gasteiger partial charge in [0.2, 0.25) is 10.0 Å². The lowest BCUT2D eigenvalue weighted by atomic mass is 10.0. The number of para-hydroxylation sites is 1. The number of carbonyl (C=O) groups is 1. The molecule has 0 saturated heterocycles. The third kappa shape index (κ3) is 5.85. The minimum atomic E-state index is -3.65. The zero-order chi connectivity index (χ0) is 22.4. The molecule has 0 aliphatic rings. The van der Waals surface area contributed by atoms with Crippen molar-refractivity contribution in [3.63, 3.8) is 0 Å². The van der Waals surface area contributed by atoms with Gasteiger partial charge in [0, 0.05) is 20.5 Å². The van der Waals surface area contributed by atoms with Crippen LogP contribution in [0.1, 0.15) is 11.1 Å². The smallest absolute Gasteiger partial charge is 0.262 e. The molecule has 0 bridgehead atoms. The minimum absolute atomic E-state index is 0.0336. The lowest BCUT2D eigenvalue weighted by Crippen LogP contribution is -2.23. The van der Waals surface area contributed by atoms with Crippen LogP contribution in [0.2, 0.25) is 5.02 Å². The van der Waals surface area contributed by atoms with E-state index in [2.05, 4.69) is 5.32 Å². The largest absolute Gasteiger partial charge is 0.483 e. The highest BCUT2D eigenvalue weighted by Crippen LogP contribution is 2.27. The molecule has 0 radical (unpaired) electrons. The second kappa shape index (κ2) is 9.96. The van der Waals surface area contributed by atoms with Gasteiger partial charge < -0.3 is 10.1 Å². The van der Waals surface area contributed by atoms with Crippen molar-refractivity contribution in [2.75, 3.05) is 26.0 Å². The molecule has 0 atom stereocenters. The van der Waals surface area contributed by atoms with E-state index in [4.69, 9.17) is 16.3 Å². The Morgan fingerprint density at radius 1 is 1.00 bits per heavy atom. The molecule has 0 fully saturated rings. The third-order valence-electron chi connectivity index (χ3n) is 4.56. The number of hydrogen-bond acceptors (Lipinski definition) is 4. The maximum Gasteiger partial charge on any atom is 0.262 e. The molecule has 162 valence electrons. The highest BCUT2D eigenvalue weighted by molar-refractivity contribution is 7.89. The Morgan fingerprint density at radius 3 is 2.39 bits per heavy atom. The molecule has 1 amide bonds. The van der Waals surface area contributed by atoms with Crippen molar-refractivity contribution in [1.29, 1.82) is 0 Å². The van der Waals surface area contributed by atoms with Crippen LogP contribution in [0.5, 0.6) is 5.75 Å². The summed E-state index contributed by atoms with van der Waals surface area (Å²) in [6.45, 7) is -0.243. The number of hydrogen-bond donors (Lipinski definition) is 1. The number of ether oxygens (including phenoxy) is 1. The summed E-state index contributed by atoms with van der Waals surface area (Å²) in [5, 5.41) is 2.85. The minimum Gasteiger partial charge on any atom is -0.483 e. The van der Waals surface area contributed by atoms with Gasteiger partial charge in [-0.2, -0.15) is 0 Å². The van der Waals surface area contributed by atoms with Gasteiger partial charge in [0.25, 0.3) is 5.91 Å². The molecule has 0 saturated carbocycles. The second-order valence-corrected chi connectivity index (χ2v) is 9.60. The molecule has 0 aromatic heterocycles. The van der Waals surface area contributed by atoms with Crippen molar-refractivity contribution >= 4 is 33.2 Å². The average Bonchev–Trinajstić information content (AvgIpc) is 2.75. The van der Waals surface area contributed by atoms with Crippen LogP contribution in [-0.2, 0) is 21.2 Å². The Bertz CT molecular complexity index is 1170. The molecule has 0 spiro atoms. The molecule has 31 heavy (non-hydrogen) atoms. The SMILES string of the molecule is CN(C)S(=O)(=O)c1ccc(Cl)c(NC(=O)COc2ccccc2Cc2ccccc2)c1. The van der Waals surface area contributed by atoms with E-state index in [0.29, 0.717) is 12.2 Å². The predicted molar refractivity (Wildman–Crippen MR) is 122 cm³/mol. The number of carbonyl (C=O) groups excluding carboxylic acids is 1. The summed E-state index contributed by atoms with van der Waals surface area (Å²) >= 11 is 6.14. The van der Waals surface area contributed by atoms with Gasteiger partial charge in [-0.1, -0.05) is 60.1 Å². The van der Waals surface area contributed by atoms with Gasteiger partial charge >= 0.3 is 0 Å². The van der Waals surface area contributed by atoms with Crippen molar-refractivity contribution in [1.82, 2.24) is 4.31 Å². The molecule has 0 aliphatic carbocycles. The molecule has 1 N–H and O–H groups in total. The summed E-state index contributed by atoms with van der Waals surface area (Å²) in [4.78, 5) is 12.5. The summed E-state index contributed by atoms with van der Waals surface area (Å²) < 4.78 is 31.5. The van der Waals surface area contributed by atoms with E-state index in [-0.39, 0.29) is 22.2 Å². The number of sulfonamides is 1. The Morgan fingerprint density at radius 2 is 1.68 bits per heavy atom. The van der Waals surface area contributed by atoms with E-state index in [9.17, 15) is 13.2 Å². The molecule has 0 aliphatic heterocycles. The maximum absolute atomic E-state index is 12.4. The van der Waals surface area contributed by atoms with Crippen LogP contribution >= 0.6 is 11.6 Å². The fraction of sp³-hybridized carbons (Fsp3) is 0.174. The zero-order valence-electron chi connectivity index (χ0n) is 17.2. The number of rotatable bonds is 8. The van der Waals surface area contributed by atoms with Crippen LogP contribution in [0.4, 0.5) is 5.69 Å². The van der Waals surface area contributed by atoms with Crippen LogP contribution in [0.3, 0.4) is 0 Å². The van der Waals surface area contributed by atoms with Gasteiger partial charge in [0.15, 0.2) is 6.61 Å². The maximum atomic E-state index is 12.4. The van der Waals surface area contributed by atoms with Gasteiger partial charge in [-0.3, -0.25) is 4.79 Å². The quantitative estimate of drug-likeness (QED) is 0.549. The first-order chi connectivity index (χ1) is 14.8. The molecule has 6 nitrogen and oxygen atoms in total. The monoisotopic (exact) mass is 458 g/mol. The summed E-state index contributed by atoms with van der Waals surface area (Å²) in [6, 6.07) is 21.6. The van der Waals surface area contributed by atoms with Crippen LogP contribution < -0.4 is 10.1 Å². The van der Waals surface area contributed by atoms with Gasteiger partial charge in [-0.25, -0.2) is 12.7 Å². The number of nitrogens with one attached hydrogen (secondary N) is 1. The van der Waals surface area contributed by atoms with E-state index in [1.165, 1.54) is 32.3 Å². The van der Waals surface area contributed by atoms with Crippen molar-refractivity contribution < 1.29 is 17.9 Å². The first-order valence-electron chi connectivity index (χ1n) is 9.54. The van der Waals surface area contributed by atoms with Gasteiger partial charge in [0.1, 0.15) is 5.75 Å². The summed E-state index contributed by atoms with van der Waals surface area (Å²) in [5.41, 5.74) is 2.29. The first kappa shape index (κ1) is 22.8. The first-order valence-corrected chi connectivity index (χ1v) is 11.4. The van der Waals surface area contributed by atoms with Crippen LogP contribution in [0.15, 0.2) is 77.7 Å². The fourth-order valence-corrected chi connectivity index (χ4v) is 4.00. The Labute approximate surface area is 187 Å². The highest BCUT2D eigenvalue weighted by Gasteiger charge is 2.19. The van der Waals surface area contributed by atoms with E-state index in [1.54, 1.807) is 0 Å². The number of amides is 1. The highest BCUT2D eigenvalue weighted by atomic mass is 35.5. The summed E-state index contributed by atoms with van der Waals surface area (Å²) in [5.74, 6) is 0.160. The van der Waals surface area contributed by atoms with Crippen molar-refractivity contribution in [3.8, 4) is 5.75 Å². The number of benzene rings is 3. The van der Waals surface area contributed by atoms with Gasteiger partial charge in [-0.05, 0) is 35.4 Å². The third-order valence-corrected chi connectivity index (χ3v) is 6.70. The molecule has 0 heterocycles. The average molecular weight is 459 g/mol. The Balaban J connectivity index is 1.69. The molecule has 3 aromatic carbocycles. The summed E-state index contributed by atoms with van der Waals surface area (Å²) in [6.07, 6.45) is 0.675. The zero-order valence-corrected chi connectivity index (χ0v) is 18.8. The van der Waals surface area contributed by atoms with E-state index < -0.39 is 15.9 Å². The van der Waals surface area contributed by atoms with Crippen molar-refractivity contribution in [3.05, 3.63) is 88.9 Å². The van der Waals surface area contributed by atoms with Gasteiger partial charge in [-0.15, -0.1) is 0 Å². The molecule has 0 unspecified atom stereocenters. The standard InChI is InChI=1S/C23H23ClN2O4S/c1-26(2)31(28,29)19-12-13-20(24)21(15-19)25-23(27)16-30-22-11-7-6-10-18(22)14-17-8-4-3-5-9-17/h3-13,15H,14,16H2,1-2H3,(H,25,27). The fourth-order valence-electron chi connectivity index (χ4n) is 2.91. The number of halogens is 1. The van der Waals surface area contributed by atoms with Crippen LogP contribution in [0.25, 0.3) is 0 Å². The predicted octanol–water partition coefficient (Wildman–Crippen LogP) is 4.20. The lowest BCUT2D eigenvalue weighted by molar-refractivity contribution is -0.118. The Hall–Kier alpha value is -2.87. The summed E-state index contributed by atoms with van der Waals surface area (Å²) in [7, 11) is -0.784. The normalized spacial score (nSPS) is 11.4. The molecule has 3 aromatic rings.